The molecular weight excluding hydrogens is 494 g/mol. The Morgan fingerprint density at radius 3 is 1.95 bits per heavy atom. The van der Waals surface area contributed by atoms with Crippen LogP contribution in [-0.4, -0.2) is 15.6 Å². The fourth-order valence-corrected chi connectivity index (χ4v) is 3.74. The van der Waals surface area contributed by atoms with E-state index in [-0.39, 0.29) is 17.0 Å². The van der Waals surface area contributed by atoms with E-state index >= 15 is 0 Å². The standard InChI is InChI=1S/C24H21N3O2.C4H8.C3H6.2C2H6/c1-4-14-12-19(23(28)22(25)16(14)5-2)24(29)26-15-10-11-21-18(13-15)17-8-6-7-9-20(17)27(21)3;1-3-4-2;1-3-2;2*1-2/h4-13,28H,1-2,25H2,3H3,(H,26,29);3-4H,1-2H3;3H,1H2,2H3;2*1-2H3/b;4-3-;;;. The van der Waals surface area contributed by atoms with Gasteiger partial charge in [-0.15, -0.1) is 6.58 Å². The number of phenols is 1. The van der Waals surface area contributed by atoms with Gasteiger partial charge in [0.2, 0.25) is 0 Å². The maximum Gasteiger partial charge on any atom is 0.259 e. The molecule has 0 radical (unpaired) electrons. The van der Waals surface area contributed by atoms with Crippen molar-refractivity contribution in [3.8, 4) is 5.75 Å². The summed E-state index contributed by atoms with van der Waals surface area (Å²) in [5, 5.41) is 15.4. The summed E-state index contributed by atoms with van der Waals surface area (Å²) in [5.41, 5.74) is 10.2. The predicted octanol–water partition coefficient (Wildman–Crippen LogP) is 9.98. The first-order valence-electron chi connectivity index (χ1n) is 13.6. The van der Waals surface area contributed by atoms with Gasteiger partial charge in [0, 0.05) is 40.1 Å². The Hall–Kier alpha value is -4.51. The van der Waals surface area contributed by atoms with E-state index in [0.717, 1.165) is 21.8 Å². The third kappa shape index (κ3) is 8.50. The number of amides is 1. The number of para-hydroxylation sites is 1. The van der Waals surface area contributed by atoms with Gasteiger partial charge in [0.1, 0.15) is 0 Å². The molecule has 4 aromatic rings. The quantitative estimate of drug-likeness (QED) is 0.137. The van der Waals surface area contributed by atoms with Gasteiger partial charge < -0.3 is 20.7 Å². The molecule has 0 saturated heterocycles. The molecule has 40 heavy (non-hydrogen) atoms. The first-order chi connectivity index (χ1) is 19.3. The third-order valence-corrected chi connectivity index (χ3v) is 5.58. The van der Waals surface area contributed by atoms with Crippen LogP contribution in [0.3, 0.4) is 0 Å². The highest BCUT2D eigenvalue weighted by molar-refractivity contribution is 6.12. The van der Waals surface area contributed by atoms with E-state index in [4.69, 9.17) is 5.73 Å². The first kappa shape index (κ1) is 35.5. The molecule has 5 nitrogen and oxygen atoms in total. The second-order valence-electron chi connectivity index (χ2n) is 7.93. The minimum Gasteiger partial charge on any atom is -0.505 e. The SMILES string of the molecule is C/C=C\C.C=CC.C=Cc1cc(C(=O)Nc2ccc3c(c2)c2ccccc2n3C)c(O)c(N)c1C=C.CC.CC. The number of rotatable bonds is 4. The number of anilines is 2. The smallest absolute Gasteiger partial charge is 0.259 e. The van der Waals surface area contributed by atoms with Gasteiger partial charge in [-0.05, 0) is 56.7 Å². The number of benzene rings is 3. The van der Waals surface area contributed by atoms with Crippen LogP contribution < -0.4 is 11.1 Å². The summed E-state index contributed by atoms with van der Waals surface area (Å²) < 4.78 is 2.12. The number of hydrogen-bond acceptors (Lipinski definition) is 3. The number of nitrogens with zero attached hydrogens (tertiary/aromatic N) is 1. The number of nitrogen functional groups attached to an aromatic ring is 1. The van der Waals surface area contributed by atoms with Crippen LogP contribution in [0.5, 0.6) is 5.75 Å². The Balaban J connectivity index is 0.00000121. The second-order valence-corrected chi connectivity index (χ2v) is 7.93. The molecule has 4 rings (SSSR count). The van der Waals surface area contributed by atoms with Crippen LogP contribution in [0.2, 0.25) is 0 Å². The number of nitrogens with two attached hydrogens (primary N) is 1. The summed E-state index contributed by atoms with van der Waals surface area (Å²) in [4.78, 5) is 12.9. The Morgan fingerprint density at radius 2 is 1.43 bits per heavy atom. The fraction of sp³-hybridized carbons (Fsp3) is 0.229. The highest BCUT2D eigenvalue weighted by atomic mass is 16.3. The van der Waals surface area contributed by atoms with Gasteiger partial charge in [0.05, 0.1) is 11.3 Å². The molecule has 1 heterocycles. The molecule has 0 aliphatic heterocycles. The normalized spacial score (nSPS) is 9.50. The monoisotopic (exact) mass is 541 g/mol. The van der Waals surface area contributed by atoms with Gasteiger partial charge in [0.15, 0.2) is 5.75 Å². The van der Waals surface area contributed by atoms with Crippen LogP contribution in [0.15, 0.2) is 86.5 Å². The highest BCUT2D eigenvalue weighted by Gasteiger charge is 2.18. The number of phenolic OH excluding ortho intramolecular Hbond substituents is 1. The average Bonchev–Trinajstić information content (AvgIpc) is 3.28. The zero-order valence-electron chi connectivity index (χ0n) is 25.5. The summed E-state index contributed by atoms with van der Waals surface area (Å²) in [6.07, 6.45) is 8.86. The van der Waals surface area contributed by atoms with Crippen LogP contribution in [0, 0.1) is 0 Å². The Morgan fingerprint density at radius 1 is 0.875 bits per heavy atom. The van der Waals surface area contributed by atoms with Gasteiger partial charge in [-0.2, -0.15) is 0 Å². The van der Waals surface area contributed by atoms with Crippen molar-refractivity contribution >= 4 is 51.2 Å². The molecule has 0 bridgehead atoms. The molecule has 1 aromatic heterocycles. The van der Waals surface area contributed by atoms with Crippen molar-refractivity contribution in [2.75, 3.05) is 11.1 Å². The molecule has 0 fully saturated rings. The van der Waals surface area contributed by atoms with E-state index in [1.807, 2.05) is 98.0 Å². The fourth-order valence-electron chi connectivity index (χ4n) is 3.74. The summed E-state index contributed by atoms with van der Waals surface area (Å²) >= 11 is 0. The number of aromatic hydroxyl groups is 1. The lowest BCUT2D eigenvalue weighted by atomic mass is 9.99. The molecule has 0 aliphatic carbocycles. The molecule has 4 N–H and O–H groups in total. The van der Waals surface area contributed by atoms with Crippen LogP contribution >= 0.6 is 0 Å². The molecule has 0 saturated carbocycles. The number of carbonyl (C=O) groups excluding carboxylic acids is 1. The number of aryl methyl sites for hydroxylation is 1. The number of hydrogen-bond donors (Lipinski definition) is 3. The lowest BCUT2D eigenvalue weighted by Crippen LogP contribution is -2.13. The molecule has 3 aromatic carbocycles. The van der Waals surface area contributed by atoms with Gasteiger partial charge in [-0.3, -0.25) is 4.79 Å². The first-order valence-corrected chi connectivity index (χ1v) is 13.6. The molecule has 0 aliphatic rings. The summed E-state index contributed by atoms with van der Waals surface area (Å²) in [7, 11) is 2.02. The van der Waals surface area contributed by atoms with Gasteiger partial charge in [0.25, 0.3) is 5.91 Å². The minimum absolute atomic E-state index is 0.0843. The molecule has 5 heteroatoms. The Labute approximate surface area is 241 Å². The average molecular weight is 542 g/mol. The maximum atomic E-state index is 12.9. The van der Waals surface area contributed by atoms with Crippen molar-refractivity contribution in [3.63, 3.8) is 0 Å². The van der Waals surface area contributed by atoms with Crippen molar-refractivity contribution < 1.29 is 9.90 Å². The topological polar surface area (TPSA) is 80.3 Å². The van der Waals surface area contributed by atoms with E-state index in [9.17, 15) is 9.90 Å². The Bertz CT molecular complexity index is 1440. The van der Waals surface area contributed by atoms with Crippen molar-refractivity contribution in [2.45, 2.75) is 48.5 Å². The van der Waals surface area contributed by atoms with E-state index < -0.39 is 5.91 Å². The van der Waals surface area contributed by atoms with Gasteiger partial charge >= 0.3 is 0 Å². The highest BCUT2D eigenvalue weighted by Crippen LogP contribution is 2.34. The molecule has 0 atom stereocenters. The number of nitrogens with one attached hydrogen (secondary N) is 1. The number of fused-ring (bicyclic) bond motifs is 3. The summed E-state index contributed by atoms with van der Waals surface area (Å²) in [6, 6.07) is 15.4. The minimum atomic E-state index is -0.451. The largest absolute Gasteiger partial charge is 0.505 e. The zero-order valence-corrected chi connectivity index (χ0v) is 25.5. The molecule has 1 amide bonds. The summed E-state index contributed by atoms with van der Waals surface area (Å²) in [5.74, 6) is -0.721. The van der Waals surface area contributed by atoms with Crippen molar-refractivity contribution in [1.82, 2.24) is 4.57 Å². The molecular formula is C35H47N3O2. The lowest BCUT2D eigenvalue weighted by Gasteiger charge is -2.13. The number of aromatic nitrogens is 1. The molecule has 0 unspecified atom stereocenters. The van der Waals surface area contributed by atoms with Crippen LogP contribution in [-0.2, 0) is 7.05 Å². The predicted molar refractivity (Wildman–Crippen MR) is 180 cm³/mol. The molecule has 0 spiro atoms. The van der Waals surface area contributed by atoms with Crippen molar-refractivity contribution in [3.05, 3.63) is 103 Å². The Kier molecular flexibility index (Phi) is 16.6. The maximum absolute atomic E-state index is 12.9. The van der Waals surface area contributed by atoms with Crippen LogP contribution in [0.1, 0.15) is 70.0 Å². The van der Waals surface area contributed by atoms with Crippen molar-refractivity contribution in [2.24, 2.45) is 7.05 Å². The summed E-state index contributed by atoms with van der Waals surface area (Å²) in [6.45, 7) is 24.7. The molecule has 214 valence electrons. The van der Waals surface area contributed by atoms with E-state index in [1.165, 1.54) is 6.08 Å². The van der Waals surface area contributed by atoms with Crippen LogP contribution in [0.25, 0.3) is 34.0 Å². The third-order valence-electron chi connectivity index (χ3n) is 5.58. The zero-order chi connectivity index (χ0) is 30.8. The van der Waals surface area contributed by atoms with Gasteiger partial charge in [-0.25, -0.2) is 0 Å². The lowest BCUT2D eigenvalue weighted by molar-refractivity contribution is 0.102. The van der Waals surface area contributed by atoms with Gasteiger partial charge in [-0.1, -0.05) is 89.4 Å². The number of carbonyl (C=O) groups is 1. The van der Waals surface area contributed by atoms with E-state index in [0.29, 0.717) is 16.8 Å². The number of allylic oxidation sites excluding steroid dienone is 3. The van der Waals surface area contributed by atoms with Crippen LogP contribution in [0.4, 0.5) is 11.4 Å². The van der Waals surface area contributed by atoms with E-state index in [2.05, 4.69) is 41.8 Å². The van der Waals surface area contributed by atoms with E-state index in [1.54, 1.807) is 18.2 Å². The van der Waals surface area contributed by atoms with Crippen molar-refractivity contribution in [1.29, 1.82) is 0 Å². The second kappa shape index (κ2) is 18.7.